The lowest BCUT2D eigenvalue weighted by Gasteiger charge is -2.33. The number of nitrogens with zero attached hydrogens (tertiary/aromatic N) is 3. The Hall–Kier alpha value is -2.12. The minimum atomic E-state index is -0.360. The van der Waals surface area contributed by atoms with Crippen LogP contribution in [0.3, 0.4) is 0 Å². The number of carbonyl (C=O) groups excluding carboxylic acids is 2. The van der Waals surface area contributed by atoms with Crippen molar-refractivity contribution in [2.75, 3.05) is 25.0 Å². The van der Waals surface area contributed by atoms with Crippen LogP contribution in [0.25, 0.3) is 10.9 Å². The molecule has 1 aromatic carbocycles. The number of carbonyl (C=O) groups is 2. The molecule has 2 aliphatic rings. The summed E-state index contributed by atoms with van der Waals surface area (Å²) in [5, 5.41) is 11.5. The van der Waals surface area contributed by atoms with Gasteiger partial charge in [-0.15, -0.1) is 12.4 Å². The molecule has 2 saturated heterocycles. The summed E-state index contributed by atoms with van der Waals surface area (Å²) >= 11 is 0. The summed E-state index contributed by atoms with van der Waals surface area (Å²) in [5.41, 5.74) is 3.01. The molecular weight excluding hydrogens is 366 g/mol. The normalized spacial score (nSPS) is 21.3. The number of rotatable bonds is 3. The van der Waals surface area contributed by atoms with E-state index in [0.29, 0.717) is 18.9 Å². The van der Waals surface area contributed by atoms with Gasteiger partial charge in [-0.25, -0.2) is 0 Å². The molecule has 27 heavy (non-hydrogen) atoms. The molecule has 2 aliphatic heterocycles. The maximum Gasteiger partial charge on any atom is 0.235 e. The largest absolute Gasteiger partial charge is 0.370 e. The number of para-hydroxylation sites is 1. The Morgan fingerprint density at radius 3 is 2.59 bits per heavy atom. The van der Waals surface area contributed by atoms with Gasteiger partial charge in [-0.05, 0) is 32.4 Å². The van der Waals surface area contributed by atoms with Gasteiger partial charge in [-0.3, -0.25) is 19.6 Å². The van der Waals surface area contributed by atoms with E-state index in [1.165, 1.54) is 5.69 Å². The van der Waals surface area contributed by atoms with Gasteiger partial charge in [0, 0.05) is 38.0 Å². The molecule has 7 nitrogen and oxygen atoms in total. The lowest BCUT2D eigenvalue weighted by atomic mass is 9.92. The van der Waals surface area contributed by atoms with E-state index in [1.807, 2.05) is 30.9 Å². The number of aryl methyl sites for hydroxylation is 1. The molecule has 0 radical (unpaired) electrons. The van der Waals surface area contributed by atoms with Gasteiger partial charge in [0.1, 0.15) is 0 Å². The maximum atomic E-state index is 12.3. The Labute approximate surface area is 164 Å². The van der Waals surface area contributed by atoms with Crippen LogP contribution < -0.4 is 15.5 Å². The maximum absolute atomic E-state index is 12.3. The third kappa shape index (κ3) is 3.53. The molecule has 0 bridgehead atoms. The van der Waals surface area contributed by atoms with Gasteiger partial charge in [-0.1, -0.05) is 12.1 Å². The number of amides is 2. The predicted octanol–water partition coefficient (Wildman–Crippen LogP) is 1.70. The lowest BCUT2D eigenvalue weighted by molar-refractivity contribution is -0.134. The summed E-state index contributed by atoms with van der Waals surface area (Å²) in [6.45, 7) is 2.01. The summed E-state index contributed by atoms with van der Waals surface area (Å²) in [6.07, 6.45) is 3.12. The van der Waals surface area contributed by atoms with E-state index in [4.69, 9.17) is 0 Å². The minimum Gasteiger partial charge on any atom is -0.370 e. The molecule has 2 aromatic rings. The summed E-state index contributed by atoms with van der Waals surface area (Å²) < 4.78 is 1.88. The number of halogens is 1. The van der Waals surface area contributed by atoms with E-state index in [9.17, 15) is 9.59 Å². The third-order valence-corrected chi connectivity index (χ3v) is 5.69. The van der Waals surface area contributed by atoms with Crippen molar-refractivity contribution < 1.29 is 9.59 Å². The lowest BCUT2D eigenvalue weighted by Crippen LogP contribution is -2.41. The highest BCUT2D eigenvalue weighted by Gasteiger charge is 2.32. The number of anilines is 1. The first kappa shape index (κ1) is 19.6. The van der Waals surface area contributed by atoms with Gasteiger partial charge < -0.3 is 10.2 Å². The van der Waals surface area contributed by atoms with Crippen LogP contribution in [0, 0.1) is 0 Å². The molecule has 2 amide bonds. The molecule has 1 aromatic heterocycles. The minimum absolute atomic E-state index is 0. The van der Waals surface area contributed by atoms with E-state index in [1.54, 1.807) is 0 Å². The Morgan fingerprint density at radius 2 is 1.93 bits per heavy atom. The third-order valence-electron chi connectivity index (χ3n) is 5.69. The zero-order chi connectivity index (χ0) is 18.3. The summed E-state index contributed by atoms with van der Waals surface area (Å²) in [4.78, 5) is 26.2. The van der Waals surface area contributed by atoms with Crippen molar-refractivity contribution in [3.05, 3.63) is 23.9 Å². The highest BCUT2D eigenvalue weighted by Crippen LogP contribution is 2.35. The van der Waals surface area contributed by atoms with Crippen molar-refractivity contribution in [1.29, 1.82) is 0 Å². The van der Waals surface area contributed by atoms with Crippen LogP contribution in [-0.2, 0) is 16.6 Å². The van der Waals surface area contributed by atoms with E-state index in [0.717, 1.165) is 42.5 Å². The van der Waals surface area contributed by atoms with Crippen LogP contribution >= 0.6 is 12.4 Å². The quantitative estimate of drug-likeness (QED) is 0.778. The molecular formula is C19H26ClN5O2. The van der Waals surface area contributed by atoms with Gasteiger partial charge in [0.2, 0.25) is 11.8 Å². The van der Waals surface area contributed by atoms with Crippen LogP contribution in [0.2, 0.25) is 0 Å². The smallest absolute Gasteiger partial charge is 0.235 e. The average Bonchev–Trinajstić information content (AvgIpc) is 2.99. The Balaban J connectivity index is 0.00000210. The second kappa shape index (κ2) is 7.86. The fourth-order valence-corrected chi connectivity index (χ4v) is 4.22. The molecule has 3 heterocycles. The second-order valence-corrected chi connectivity index (χ2v) is 7.24. The van der Waals surface area contributed by atoms with Crippen molar-refractivity contribution in [1.82, 2.24) is 20.4 Å². The Bertz CT molecular complexity index is 857. The molecule has 146 valence electrons. The number of benzene rings is 1. The number of aromatic nitrogens is 2. The van der Waals surface area contributed by atoms with Crippen molar-refractivity contribution in [3.8, 4) is 0 Å². The highest BCUT2D eigenvalue weighted by molar-refractivity contribution is 6.03. The van der Waals surface area contributed by atoms with Crippen molar-refractivity contribution in [2.24, 2.45) is 7.05 Å². The topological polar surface area (TPSA) is 79.3 Å². The van der Waals surface area contributed by atoms with Crippen molar-refractivity contribution in [3.63, 3.8) is 0 Å². The van der Waals surface area contributed by atoms with E-state index < -0.39 is 0 Å². The average molecular weight is 392 g/mol. The molecule has 1 atom stereocenters. The number of piperidine rings is 2. The summed E-state index contributed by atoms with van der Waals surface area (Å²) in [5.74, 6) is -0.789. The van der Waals surface area contributed by atoms with E-state index in [2.05, 4.69) is 26.7 Å². The van der Waals surface area contributed by atoms with E-state index in [-0.39, 0.29) is 30.1 Å². The van der Waals surface area contributed by atoms with Crippen LogP contribution in [0.1, 0.15) is 37.3 Å². The molecule has 4 rings (SSSR count). The number of hydrogen-bond donors (Lipinski definition) is 2. The van der Waals surface area contributed by atoms with Gasteiger partial charge in [0.05, 0.1) is 22.8 Å². The molecule has 0 aliphatic carbocycles. The van der Waals surface area contributed by atoms with Crippen molar-refractivity contribution in [2.45, 2.75) is 37.6 Å². The number of nitrogens with one attached hydrogen (secondary N) is 2. The number of fused-ring (bicyclic) bond motifs is 1. The molecule has 0 saturated carbocycles. The molecule has 2 N–H and O–H groups in total. The van der Waals surface area contributed by atoms with Gasteiger partial charge in [-0.2, -0.15) is 5.10 Å². The zero-order valence-corrected chi connectivity index (χ0v) is 16.5. The summed E-state index contributed by atoms with van der Waals surface area (Å²) in [6, 6.07) is 6.79. The first-order valence-corrected chi connectivity index (χ1v) is 9.30. The number of hydrogen-bond acceptors (Lipinski definition) is 5. The SMILES string of the molecule is CNC1CCN(c2cccc3c(C4CCC(=O)NC4=O)nn(C)c23)CC1.Cl. The molecule has 8 heteroatoms. The fourth-order valence-electron chi connectivity index (χ4n) is 4.22. The van der Waals surface area contributed by atoms with Crippen LogP contribution in [0.5, 0.6) is 0 Å². The Morgan fingerprint density at radius 1 is 1.19 bits per heavy atom. The summed E-state index contributed by atoms with van der Waals surface area (Å²) in [7, 11) is 3.95. The van der Waals surface area contributed by atoms with Gasteiger partial charge in [0.25, 0.3) is 0 Å². The van der Waals surface area contributed by atoms with Gasteiger partial charge >= 0.3 is 0 Å². The second-order valence-electron chi connectivity index (χ2n) is 7.24. The number of imide groups is 1. The first-order chi connectivity index (χ1) is 12.6. The predicted molar refractivity (Wildman–Crippen MR) is 107 cm³/mol. The van der Waals surface area contributed by atoms with Gasteiger partial charge in [0.15, 0.2) is 0 Å². The zero-order valence-electron chi connectivity index (χ0n) is 15.7. The monoisotopic (exact) mass is 391 g/mol. The fraction of sp³-hybridized carbons (Fsp3) is 0.526. The van der Waals surface area contributed by atoms with Crippen LogP contribution in [-0.4, -0.2) is 47.8 Å². The molecule has 1 unspecified atom stereocenters. The first-order valence-electron chi connectivity index (χ1n) is 9.30. The van der Waals surface area contributed by atoms with E-state index >= 15 is 0 Å². The highest BCUT2D eigenvalue weighted by atomic mass is 35.5. The van der Waals surface area contributed by atoms with Crippen LogP contribution in [0.15, 0.2) is 18.2 Å². The molecule has 2 fully saturated rings. The van der Waals surface area contributed by atoms with Crippen molar-refractivity contribution >= 4 is 40.8 Å². The Kier molecular flexibility index (Phi) is 5.72. The standard InChI is InChI=1S/C19H25N5O2.ClH/c1-20-12-8-10-24(11-9-12)15-5-3-4-13-17(22-23(2)18(13)15)14-6-7-16(25)21-19(14)26;/h3-5,12,14,20H,6-11H2,1-2H3,(H,21,25,26);1H. The van der Waals surface area contributed by atoms with Crippen LogP contribution in [0.4, 0.5) is 5.69 Å². The molecule has 0 spiro atoms.